The van der Waals surface area contributed by atoms with E-state index >= 15 is 0 Å². The molecule has 44 heavy (non-hydrogen) atoms. The molecule has 0 aromatic rings. The summed E-state index contributed by atoms with van der Waals surface area (Å²) in [5.74, 6) is -1.79. The zero-order valence-electron chi connectivity index (χ0n) is 24.1. The van der Waals surface area contributed by atoms with Gasteiger partial charge in [0.15, 0.2) is 18.4 Å². The molecule has 0 aromatic carbocycles. The van der Waals surface area contributed by atoms with Crippen LogP contribution in [0.2, 0.25) is 0 Å². The number of ketones is 1. The molecular formula is C25H49N5O14. The standard InChI is InChI=1S/C25H49N5O14/c26-5-11(34)16(35)10(33)4-8-3-9(27)23(44-24-15(29)19(38)18(37)12(41-24)6-30-1-2-31)21(40)22(8)43-25-20(39)14(28)17(36)13(7-32)42-25/h8-9,11-25,30-32,34-40H,1-7,26-29H2/t8-,9-,11?,12+,13+,14-,15+,16?,17+,18+,19+,20+,21+,22-,23?,24+,25+/m0/s1. The number of Topliss-reactive ketones (excluding diaryl/α,β-unsaturated/α-hetero) is 1. The van der Waals surface area contributed by atoms with Crippen LogP contribution in [0.5, 0.6) is 0 Å². The molecule has 3 aliphatic rings. The van der Waals surface area contributed by atoms with Crippen molar-refractivity contribution in [2.45, 2.75) is 111 Å². The normalized spacial score (nSPS) is 44.7. The van der Waals surface area contributed by atoms with Crippen molar-refractivity contribution < 1.29 is 69.7 Å². The molecule has 0 bridgehead atoms. The van der Waals surface area contributed by atoms with Crippen molar-refractivity contribution in [2.75, 3.05) is 32.8 Å². The summed E-state index contributed by atoms with van der Waals surface area (Å²) in [4.78, 5) is 12.8. The molecule has 17 atom stereocenters. The largest absolute Gasteiger partial charge is 0.395 e. The number of rotatable bonds is 14. The summed E-state index contributed by atoms with van der Waals surface area (Å²) in [6, 6.07) is -3.63. The maximum atomic E-state index is 12.8. The summed E-state index contributed by atoms with van der Waals surface area (Å²) < 4.78 is 23.2. The SMILES string of the molecule is NCC(O)C(O)C(=O)C[C@@H]1C[C@H](N)C(O[C@H]2O[C@H](CNCCO)[C@@H](O)[C@H](O)[C@H]2N)[C@H](O)[C@H]1O[C@H]1O[C@H](CO)[C@@H](O)[C@H](N)[C@H]1O. The molecule has 18 N–H and O–H groups in total. The van der Waals surface area contributed by atoms with E-state index in [1.54, 1.807) is 0 Å². The third kappa shape index (κ3) is 8.45. The third-order valence-corrected chi connectivity index (χ3v) is 8.44. The average Bonchev–Trinajstić information content (AvgIpc) is 3.00. The van der Waals surface area contributed by atoms with E-state index in [-0.39, 0.29) is 26.1 Å². The summed E-state index contributed by atoms with van der Waals surface area (Å²) in [5.41, 5.74) is 23.7. The van der Waals surface area contributed by atoms with Gasteiger partial charge in [0.1, 0.15) is 54.9 Å². The first kappa shape index (κ1) is 37.4. The molecule has 1 aliphatic carbocycles. The molecule has 19 heteroatoms. The molecule has 3 rings (SSSR count). The number of hydrogen-bond donors (Lipinski definition) is 14. The second kappa shape index (κ2) is 16.7. The van der Waals surface area contributed by atoms with Crippen LogP contribution in [0.1, 0.15) is 12.8 Å². The van der Waals surface area contributed by atoms with E-state index < -0.39 is 129 Å². The first-order valence-electron chi connectivity index (χ1n) is 14.6. The Morgan fingerprint density at radius 3 is 2.09 bits per heavy atom. The fourth-order valence-electron chi connectivity index (χ4n) is 5.74. The van der Waals surface area contributed by atoms with Gasteiger partial charge in [0.2, 0.25) is 0 Å². The fourth-order valence-corrected chi connectivity index (χ4v) is 5.74. The van der Waals surface area contributed by atoms with Gasteiger partial charge in [-0.05, 0) is 12.3 Å². The van der Waals surface area contributed by atoms with Gasteiger partial charge in [-0.1, -0.05) is 0 Å². The van der Waals surface area contributed by atoms with E-state index in [0.717, 1.165) is 0 Å². The average molecular weight is 644 g/mol. The van der Waals surface area contributed by atoms with Gasteiger partial charge in [-0.2, -0.15) is 0 Å². The quantitative estimate of drug-likeness (QED) is 0.0781. The van der Waals surface area contributed by atoms with Gasteiger partial charge < -0.3 is 93.2 Å². The molecule has 0 radical (unpaired) electrons. The van der Waals surface area contributed by atoms with Crippen molar-refractivity contribution in [3.8, 4) is 0 Å². The minimum absolute atomic E-state index is 0.00653. The molecule has 3 fully saturated rings. The number of nitrogens with two attached hydrogens (primary N) is 4. The second-order valence-corrected chi connectivity index (χ2v) is 11.6. The van der Waals surface area contributed by atoms with Crippen molar-refractivity contribution in [2.24, 2.45) is 28.9 Å². The van der Waals surface area contributed by atoms with Gasteiger partial charge in [-0.3, -0.25) is 4.79 Å². The van der Waals surface area contributed by atoms with Crippen molar-refractivity contribution in [1.29, 1.82) is 0 Å². The molecule has 2 heterocycles. The summed E-state index contributed by atoms with van der Waals surface area (Å²) in [7, 11) is 0. The number of aliphatic hydroxyl groups is 9. The van der Waals surface area contributed by atoms with E-state index in [4.69, 9.17) is 47.0 Å². The van der Waals surface area contributed by atoms with Crippen LogP contribution >= 0.6 is 0 Å². The topological polar surface area (TPSA) is 352 Å². The number of ether oxygens (including phenoxy) is 4. The lowest BCUT2D eigenvalue weighted by Gasteiger charge is -2.49. The second-order valence-electron chi connectivity index (χ2n) is 11.6. The Morgan fingerprint density at radius 1 is 0.841 bits per heavy atom. The first-order chi connectivity index (χ1) is 20.8. The summed E-state index contributed by atoms with van der Waals surface area (Å²) in [5, 5.41) is 94.9. The minimum Gasteiger partial charge on any atom is -0.395 e. The highest BCUT2D eigenvalue weighted by Gasteiger charge is 2.52. The molecule has 0 spiro atoms. The Morgan fingerprint density at radius 2 is 1.48 bits per heavy atom. The number of carbonyl (C=O) groups excluding carboxylic acids is 1. The van der Waals surface area contributed by atoms with Crippen LogP contribution in [-0.4, -0.2) is 182 Å². The van der Waals surface area contributed by atoms with Gasteiger partial charge in [-0.15, -0.1) is 0 Å². The summed E-state index contributed by atoms with van der Waals surface area (Å²) in [6.45, 7) is -1.10. The summed E-state index contributed by atoms with van der Waals surface area (Å²) in [6.07, 6.45) is -19.7. The van der Waals surface area contributed by atoms with E-state index in [1.807, 2.05) is 0 Å². The Balaban J connectivity index is 1.85. The number of carbonyl (C=O) groups is 1. The van der Waals surface area contributed by atoms with Crippen molar-refractivity contribution in [1.82, 2.24) is 5.32 Å². The molecule has 2 saturated heterocycles. The van der Waals surface area contributed by atoms with E-state index in [2.05, 4.69) is 5.32 Å². The van der Waals surface area contributed by atoms with Crippen LogP contribution in [-0.2, 0) is 23.7 Å². The van der Waals surface area contributed by atoms with Crippen LogP contribution in [0.15, 0.2) is 0 Å². The molecule has 3 unspecified atom stereocenters. The van der Waals surface area contributed by atoms with Crippen LogP contribution in [0.4, 0.5) is 0 Å². The van der Waals surface area contributed by atoms with E-state index in [9.17, 15) is 45.6 Å². The van der Waals surface area contributed by atoms with Gasteiger partial charge in [0.25, 0.3) is 0 Å². The van der Waals surface area contributed by atoms with Crippen molar-refractivity contribution in [3.63, 3.8) is 0 Å². The molecular weight excluding hydrogens is 594 g/mol. The Bertz CT molecular complexity index is 896. The monoisotopic (exact) mass is 643 g/mol. The highest BCUT2D eigenvalue weighted by molar-refractivity contribution is 5.83. The zero-order chi connectivity index (χ0) is 32.9. The van der Waals surface area contributed by atoms with Gasteiger partial charge >= 0.3 is 0 Å². The lowest BCUT2D eigenvalue weighted by molar-refractivity contribution is -0.323. The van der Waals surface area contributed by atoms with Crippen molar-refractivity contribution in [3.05, 3.63) is 0 Å². The minimum atomic E-state index is -1.85. The lowest BCUT2D eigenvalue weighted by atomic mass is 9.76. The smallest absolute Gasteiger partial charge is 0.186 e. The Hall–Kier alpha value is -1.05. The predicted octanol–water partition coefficient (Wildman–Crippen LogP) is -8.77. The fraction of sp³-hybridized carbons (Fsp3) is 0.960. The molecule has 1 saturated carbocycles. The predicted molar refractivity (Wildman–Crippen MR) is 147 cm³/mol. The summed E-state index contributed by atoms with van der Waals surface area (Å²) >= 11 is 0. The molecule has 19 nitrogen and oxygen atoms in total. The number of aliphatic hydroxyl groups excluding tert-OH is 9. The van der Waals surface area contributed by atoms with Gasteiger partial charge in [0, 0.05) is 32.1 Å². The highest BCUT2D eigenvalue weighted by Crippen LogP contribution is 2.36. The molecule has 0 aromatic heterocycles. The van der Waals surface area contributed by atoms with E-state index in [0.29, 0.717) is 0 Å². The van der Waals surface area contributed by atoms with Crippen molar-refractivity contribution >= 4 is 5.78 Å². The number of hydrogen-bond acceptors (Lipinski definition) is 19. The van der Waals surface area contributed by atoms with Gasteiger partial charge in [-0.25, -0.2) is 0 Å². The Kier molecular flexibility index (Phi) is 14.2. The third-order valence-electron chi connectivity index (χ3n) is 8.44. The van der Waals surface area contributed by atoms with Crippen LogP contribution in [0, 0.1) is 5.92 Å². The molecule has 0 amide bonds. The number of nitrogens with one attached hydrogen (secondary N) is 1. The van der Waals surface area contributed by atoms with Crippen LogP contribution in [0.25, 0.3) is 0 Å². The van der Waals surface area contributed by atoms with Gasteiger partial charge in [0.05, 0.1) is 37.5 Å². The van der Waals surface area contributed by atoms with E-state index in [1.165, 1.54) is 0 Å². The maximum Gasteiger partial charge on any atom is 0.186 e. The van der Waals surface area contributed by atoms with Crippen LogP contribution < -0.4 is 28.3 Å². The molecule has 2 aliphatic heterocycles. The Labute approximate surface area is 253 Å². The lowest BCUT2D eigenvalue weighted by Crippen LogP contribution is -2.68. The molecule has 258 valence electrons. The highest BCUT2D eigenvalue weighted by atomic mass is 16.7. The van der Waals surface area contributed by atoms with Crippen LogP contribution in [0.3, 0.4) is 0 Å². The zero-order valence-corrected chi connectivity index (χ0v) is 24.1. The first-order valence-corrected chi connectivity index (χ1v) is 14.6. The maximum absolute atomic E-state index is 12.8.